The summed E-state index contributed by atoms with van der Waals surface area (Å²) in [5, 5.41) is -0.508. The predicted octanol–water partition coefficient (Wildman–Crippen LogP) is 3.85. The van der Waals surface area contributed by atoms with E-state index < -0.39 is 23.7 Å². The van der Waals surface area contributed by atoms with Gasteiger partial charge in [-0.05, 0) is 56.3 Å². The number of esters is 1. The van der Waals surface area contributed by atoms with Crippen molar-refractivity contribution in [1.82, 2.24) is 4.90 Å². The highest BCUT2D eigenvalue weighted by Crippen LogP contribution is 2.38. The third kappa shape index (κ3) is 5.26. The Hall–Kier alpha value is -2.00. The van der Waals surface area contributed by atoms with Crippen LogP contribution in [0.4, 0.5) is 4.79 Å². The summed E-state index contributed by atoms with van der Waals surface area (Å²) in [5.41, 5.74) is 0.656. The molecule has 0 bridgehead atoms. The van der Waals surface area contributed by atoms with Gasteiger partial charge in [0.25, 0.3) is 11.1 Å². The van der Waals surface area contributed by atoms with Crippen LogP contribution in [0, 0.1) is 0 Å². The number of halogens is 1. The van der Waals surface area contributed by atoms with E-state index in [0.29, 0.717) is 34.7 Å². The fraction of sp³-hybridized carbons (Fsp3) is 0.389. The Kier molecular flexibility index (Phi) is 7.73. The number of ether oxygens (including phenoxy) is 3. The standard InChI is InChI=1S/C18H20BrNO6S/c1-4-24-13-7-11(12(19)9-14(13)25-5-2)8-15-17(22)20(18(23)27-15)10-16(21)26-6-3/h7-9H,4-6,10H2,1-3H3/b15-8+. The van der Waals surface area contributed by atoms with Crippen molar-refractivity contribution in [1.29, 1.82) is 0 Å². The van der Waals surface area contributed by atoms with E-state index in [1.807, 2.05) is 13.8 Å². The fourth-order valence-corrected chi connectivity index (χ4v) is 3.58. The Balaban J connectivity index is 2.30. The van der Waals surface area contributed by atoms with Crippen LogP contribution in [0.3, 0.4) is 0 Å². The van der Waals surface area contributed by atoms with Crippen molar-refractivity contribution in [2.45, 2.75) is 20.8 Å². The molecule has 1 aromatic rings. The minimum Gasteiger partial charge on any atom is -0.490 e. The number of rotatable bonds is 8. The van der Waals surface area contributed by atoms with Crippen molar-refractivity contribution in [2.75, 3.05) is 26.4 Å². The lowest BCUT2D eigenvalue weighted by Crippen LogP contribution is -2.34. The summed E-state index contributed by atoms with van der Waals surface area (Å²) >= 11 is 4.22. The molecule has 0 aliphatic carbocycles. The molecule has 0 aromatic heterocycles. The average Bonchev–Trinajstić information content (AvgIpc) is 2.87. The summed E-state index contributed by atoms with van der Waals surface area (Å²) in [6.07, 6.45) is 1.58. The second-order valence-electron chi connectivity index (χ2n) is 5.26. The number of hydrogen-bond acceptors (Lipinski definition) is 7. The van der Waals surface area contributed by atoms with E-state index >= 15 is 0 Å². The van der Waals surface area contributed by atoms with Gasteiger partial charge in [-0.2, -0.15) is 0 Å². The van der Waals surface area contributed by atoms with Crippen LogP contribution in [0.5, 0.6) is 11.5 Å². The molecule has 1 saturated heterocycles. The molecule has 1 aliphatic rings. The molecule has 1 heterocycles. The minimum absolute atomic E-state index is 0.185. The van der Waals surface area contributed by atoms with Crippen LogP contribution in [0.1, 0.15) is 26.3 Å². The topological polar surface area (TPSA) is 82.1 Å². The van der Waals surface area contributed by atoms with Crippen molar-refractivity contribution in [3.63, 3.8) is 0 Å². The predicted molar refractivity (Wildman–Crippen MR) is 106 cm³/mol. The normalized spacial score (nSPS) is 15.4. The van der Waals surface area contributed by atoms with Gasteiger partial charge in [0.15, 0.2) is 11.5 Å². The van der Waals surface area contributed by atoms with Gasteiger partial charge in [0, 0.05) is 4.47 Å². The van der Waals surface area contributed by atoms with Crippen molar-refractivity contribution in [3.8, 4) is 11.5 Å². The van der Waals surface area contributed by atoms with Crippen LogP contribution in [-0.4, -0.2) is 48.4 Å². The highest BCUT2D eigenvalue weighted by Gasteiger charge is 2.36. The number of carbonyl (C=O) groups is 3. The summed E-state index contributed by atoms with van der Waals surface area (Å²) in [7, 11) is 0. The van der Waals surface area contributed by atoms with E-state index in [9.17, 15) is 14.4 Å². The van der Waals surface area contributed by atoms with Crippen molar-refractivity contribution < 1.29 is 28.6 Å². The first-order valence-electron chi connectivity index (χ1n) is 8.41. The number of nitrogens with zero attached hydrogens (tertiary/aromatic N) is 1. The summed E-state index contributed by atoms with van der Waals surface area (Å²) in [5.74, 6) is -0.0305. The van der Waals surface area contributed by atoms with Gasteiger partial charge in [-0.15, -0.1) is 0 Å². The van der Waals surface area contributed by atoms with Crippen molar-refractivity contribution in [3.05, 3.63) is 27.1 Å². The average molecular weight is 458 g/mol. The molecule has 0 N–H and O–H groups in total. The van der Waals surface area contributed by atoms with E-state index in [1.54, 1.807) is 25.1 Å². The van der Waals surface area contributed by atoms with Crippen LogP contribution < -0.4 is 9.47 Å². The number of hydrogen-bond donors (Lipinski definition) is 0. The number of thioether (sulfide) groups is 1. The Morgan fingerprint density at radius 2 is 1.74 bits per heavy atom. The van der Waals surface area contributed by atoms with Gasteiger partial charge in [0.2, 0.25) is 0 Å². The Labute approximate surface area is 170 Å². The SMILES string of the molecule is CCOC(=O)CN1C(=O)S/C(=C/c2cc(OCC)c(OCC)cc2Br)C1=O. The summed E-state index contributed by atoms with van der Waals surface area (Å²) in [6.45, 7) is 6.12. The summed E-state index contributed by atoms with van der Waals surface area (Å²) in [4.78, 5) is 37.3. The van der Waals surface area contributed by atoms with Crippen LogP contribution in [0.25, 0.3) is 6.08 Å². The fourth-order valence-electron chi connectivity index (χ4n) is 2.31. The second-order valence-corrected chi connectivity index (χ2v) is 7.11. The monoisotopic (exact) mass is 457 g/mol. The van der Waals surface area contributed by atoms with E-state index in [1.165, 1.54) is 0 Å². The molecule has 0 unspecified atom stereocenters. The first-order chi connectivity index (χ1) is 12.9. The van der Waals surface area contributed by atoms with E-state index in [2.05, 4.69) is 15.9 Å². The second kappa shape index (κ2) is 9.80. The molecule has 146 valence electrons. The first kappa shape index (κ1) is 21.3. The summed E-state index contributed by atoms with van der Waals surface area (Å²) < 4.78 is 16.6. The van der Waals surface area contributed by atoms with Crippen LogP contribution in [0.2, 0.25) is 0 Å². The van der Waals surface area contributed by atoms with Gasteiger partial charge in [0.1, 0.15) is 6.54 Å². The van der Waals surface area contributed by atoms with Gasteiger partial charge in [-0.1, -0.05) is 15.9 Å². The van der Waals surface area contributed by atoms with Crippen LogP contribution in [-0.2, 0) is 14.3 Å². The zero-order valence-electron chi connectivity index (χ0n) is 15.2. The zero-order chi connectivity index (χ0) is 20.0. The molecule has 1 aliphatic heterocycles. The Morgan fingerprint density at radius 1 is 1.11 bits per heavy atom. The van der Waals surface area contributed by atoms with Crippen molar-refractivity contribution in [2.24, 2.45) is 0 Å². The lowest BCUT2D eigenvalue weighted by atomic mass is 10.2. The third-order valence-corrected chi connectivity index (χ3v) is 5.01. The maximum absolute atomic E-state index is 12.5. The molecule has 9 heteroatoms. The molecular formula is C18H20BrNO6S. The van der Waals surface area contributed by atoms with Gasteiger partial charge in [0.05, 0.1) is 24.7 Å². The van der Waals surface area contributed by atoms with Crippen LogP contribution >= 0.6 is 27.7 Å². The highest BCUT2D eigenvalue weighted by molar-refractivity contribution is 9.10. The van der Waals surface area contributed by atoms with Gasteiger partial charge in [-0.25, -0.2) is 0 Å². The van der Waals surface area contributed by atoms with E-state index in [-0.39, 0.29) is 11.5 Å². The number of carbonyl (C=O) groups excluding carboxylic acids is 3. The third-order valence-electron chi connectivity index (χ3n) is 3.42. The van der Waals surface area contributed by atoms with Gasteiger partial charge in [-0.3, -0.25) is 19.3 Å². The van der Waals surface area contributed by atoms with Gasteiger partial charge < -0.3 is 14.2 Å². The quantitative estimate of drug-likeness (QED) is 0.432. The smallest absolute Gasteiger partial charge is 0.326 e. The molecule has 7 nitrogen and oxygen atoms in total. The van der Waals surface area contributed by atoms with Crippen molar-refractivity contribution >= 4 is 50.9 Å². The summed E-state index contributed by atoms with van der Waals surface area (Å²) in [6, 6.07) is 3.49. The zero-order valence-corrected chi connectivity index (χ0v) is 17.6. The number of imide groups is 1. The Bertz CT molecular complexity index is 779. The highest BCUT2D eigenvalue weighted by atomic mass is 79.9. The van der Waals surface area contributed by atoms with E-state index in [4.69, 9.17) is 14.2 Å². The molecule has 0 atom stereocenters. The first-order valence-corrected chi connectivity index (χ1v) is 10.0. The molecule has 0 spiro atoms. The molecule has 2 rings (SSSR count). The largest absolute Gasteiger partial charge is 0.490 e. The maximum Gasteiger partial charge on any atom is 0.326 e. The molecule has 1 fully saturated rings. The molecule has 0 radical (unpaired) electrons. The minimum atomic E-state index is -0.623. The molecule has 1 aromatic carbocycles. The van der Waals surface area contributed by atoms with E-state index in [0.717, 1.165) is 16.7 Å². The van der Waals surface area contributed by atoms with Crippen LogP contribution in [0.15, 0.2) is 21.5 Å². The molecule has 2 amide bonds. The molecule has 27 heavy (non-hydrogen) atoms. The Morgan fingerprint density at radius 3 is 2.33 bits per heavy atom. The van der Waals surface area contributed by atoms with Gasteiger partial charge >= 0.3 is 5.97 Å². The number of benzene rings is 1. The maximum atomic E-state index is 12.5. The number of amides is 2. The lowest BCUT2D eigenvalue weighted by Gasteiger charge is -2.13. The molecular weight excluding hydrogens is 438 g/mol. The lowest BCUT2D eigenvalue weighted by molar-refractivity contribution is -0.145. The molecule has 0 saturated carbocycles.